The van der Waals surface area contributed by atoms with E-state index < -0.39 is 11.6 Å². The van der Waals surface area contributed by atoms with E-state index in [4.69, 9.17) is 4.74 Å². The number of hydrogen-bond donors (Lipinski definition) is 1. The first-order valence-corrected chi connectivity index (χ1v) is 5.63. The molecule has 0 aliphatic carbocycles. The Hall–Kier alpha value is -2.08. The summed E-state index contributed by atoms with van der Waals surface area (Å²) in [5.41, 5.74) is 0.911. The van der Waals surface area contributed by atoms with Crippen LogP contribution in [0.1, 0.15) is 5.69 Å². The number of nitrogens with one attached hydrogen (secondary N) is 1. The van der Waals surface area contributed by atoms with Crippen LogP contribution in [0.5, 0.6) is 0 Å². The number of methoxy groups -OCH3 is 1. The molecule has 0 aliphatic heterocycles. The fourth-order valence-electron chi connectivity index (χ4n) is 1.66. The Morgan fingerprint density at radius 3 is 2.37 bits per heavy atom. The van der Waals surface area contributed by atoms with Crippen molar-refractivity contribution in [1.29, 1.82) is 0 Å². The Balaban J connectivity index is 2.50. The zero-order valence-electron chi connectivity index (χ0n) is 10.6. The van der Waals surface area contributed by atoms with Crippen LogP contribution in [0.25, 0.3) is 11.4 Å². The molecule has 0 spiro atoms. The van der Waals surface area contributed by atoms with Crippen LogP contribution in [0.3, 0.4) is 0 Å². The van der Waals surface area contributed by atoms with E-state index in [1.54, 1.807) is 20.2 Å². The van der Waals surface area contributed by atoms with Gasteiger partial charge < -0.3 is 10.1 Å². The van der Waals surface area contributed by atoms with Crippen molar-refractivity contribution >= 4 is 5.82 Å². The number of nitrogens with zero attached hydrogens (tertiary/aromatic N) is 2. The first-order valence-electron chi connectivity index (χ1n) is 5.63. The Bertz CT molecular complexity index is 570. The molecule has 0 fully saturated rings. The maximum absolute atomic E-state index is 13.2. The lowest BCUT2D eigenvalue weighted by Crippen LogP contribution is -2.02. The lowest BCUT2D eigenvalue weighted by Gasteiger charge is -2.07. The fraction of sp³-hybridized carbons (Fsp3) is 0.231. The van der Waals surface area contributed by atoms with Crippen LogP contribution in [0.2, 0.25) is 0 Å². The molecule has 1 aromatic heterocycles. The molecule has 0 bridgehead atoms. The smallest absolute Gasteiger partial charge is 0.162 e. The summed E-state index contributed by atoms with van der Waals surface area (Å²) in [4.78, 5) is 8.39. The van der Waals surface area contributed by atoms with Crippen LogP contribution in [-0.4, -0.2) is 24.1 Å². The molecule has 0 aliphatic rings. The van der Waals surface area contributed by atoms with Crippen LogP contribution in [0, 0.1) is 11.6 Å². The highest BCUT2D eigenvalue weighted by Gasteiger charge is 2.09. The number of anilines is 1. The van der Waals surface area contributed by atoms with Crippen LogP contribution >= 0.6 is 0 Å². The van der Waals surface area contributed by atoms with E-state index in [1.807, 2.05) is 0 Å². The minimum Gasteiger partial charge on any atom is -0.378 e. The fourth-order valence-corrected chi connectivity index (χ4v) is 1.66. The van der Waals surface area contributed by atoms with Gasteiger partial charge in [-0.25, -0.2) is 18.7 Å². The van der Waals surface area contributed by atoms with Gasteiger partial charge in [0.1, 0.15) is 17.5 Å². The summed E-state index contributed by atoms with van der Waals surface area (Å²) in [6.45, 7) is 0.294. The monoisotopic (exact) mass is 265 g/mol. The second kappa shape index (κ2) is 5.71. The molecule has 1 N–H and O–H groups in total. The van der Waals surface area contributed by atoms with E-state index in [-0.39, 0.29) is 11.4 Å². The van der Waals surface area contributed by atoms with Gasteiger partial charge in [-0.2, -0.15) is 0 Å². The van der Waals surface area contributed by atoms with Crippen molar-refractivity contribution in [2.24, 2.45) is 0 Å². The van der Waals surface area contributed by atoms with Crippen LogP contribution in [0.15, 0.2) is 24.3 Å². The second-order valence-electron chi connectivity index (χ2n) is 3.91. The first-order chi connectivity index (χ1) is 9.12. The Kier molecular flexibility index (Phi) is 4.01. The molecule has 100 valence electrons. The van der Waals surface area contributed by atoms with Crippen LogP contribution in [-0.2, 0) is 11.3 Å². The molecule has 19 heavy (non-hydrogen) atoms. The molecule has 2 rings (SSSR count). The third-order valence-corrected chi connectivity index (χ3v) is 2.45. The van der Waals surface area contributed by atoms with Crippen molar-refractivity contribution in [2.75, 3.05) is 19.5 Å². The Morgan fingerprint density at radius 1 is 1.11 bits per heavy atom. The molecule has 0 unspecified atom stereocenters. The van der Waals surface area contributed by atoms with E-state index in [0.29, 0.717) is 18.1 Å². The summed E-state index contributed by atoms with van der Waals surface area (Å²) in [7, 11) is 3.25. The number of hydrogen-bond acceptors (Lipinski definition) is 4. The van der Waals surface area contributed by atoms with Gasteiger partial charge in [0.2, 0.25) is 0 Å². The zero-order chi connectivity index (χ0) is 13.8. The van der Waals surface area contributed by atoms with Gasteiger partial charge in [0.15, 0.2) is 5.82 Å². The summed E-state index contributed by atoms with van der Waals surface area (Å²) >= 11 is 0. The van der Waals surface area contributed by atoms with Crippen molar-refractivity contribution in [1.82, 2.24) is 9.97 Å². The largest absolute Gasteiger partial charge is 0.378 e. The molecule has 6 heteroatoms. The SMILES string of the molecule is CNc1cc(COC)nc(-c2cc(F)cc(F)c2)n1. The maximum Gasteiger partial charge on any atom is 0.162 e. The number of benzene rings is 1. The molecule has 4 nitrogen and oxygen atoms in total. The summed E-state index contributed by atoms with van der Waals surface area (Å²) < 4.78 is 31.4. The molecule has 1 aromatic carbocycles. The molecular formula is C13H13F2N3O. The highest BCUT2D eigenvalue weighted by molar-refractivity contribution is 5.57. The standard InChI is InChI=1S/C13H13F2N3O/c1-16-12-6-11(7-19-2)17-13(18-12)8-3-9(14)5-10(15)4-8/h3-6H,7H2,1-2H3,(H,16,17,18). The lowest BCUT2D eigenvalue weighted by atomic mass is 10.2. The van der Waals surface area contributed by atoms with E-state index >= 15 is 0 Å². The van der Waals surface area contributed by atoms with E-state index in [2.05, 4.69) is 15.3 Å². The zero-order valence-corrected chi connectivity index (χ0v) is 10.6. The number of halogens is 2. The predicted octanol–water partition coefficient (Wildman–Crippen LogP) is 2.61. The number of aromatic nitrogens is 2. The molecule has 1 heterocycles. The quantitative estimate of drug-likeness (QED) is 0.923. The van der Waals surface area contributed by atoms with E-state index in [0.717, 1.165) is 6.07 Å². The van der Waals surface area contributed by atoms with Gasteiger partial charge in [-0.3, -0.25) is 0 Å². The second-order valence-corrected chi connectivity index (χ2v) is 3.91. The Labute approximate surface area is 109 Å². The van der Waals surface area contributed by atoms with Crippen molar-refractivity contribution in [3.63, 3.8) is 0 Å². The van der Waals surface area contributed by atoms with Crippen molar-refractivity contribution < 1.29 is 13.5 Å². The highest BCUT2D eigenvalue weighted by Crippen LogP contribution is 2.20. The van der Waals surface area contributed by atoms with Crippen LogP contribution in [0.4, 0.5) is 14.6 Å². The Morgan fingerprint density at radius 2 is 1.79 bits per heavy atom. The van der Waals surface area contributed by atoms with Crippen molar-refractivity contribution in [3.8, 4) is 11.4 Å². The van der Waals surface area contributed by atoms with Crippen molar-refractivity contribution in [3.05, 3.63) is 41.6 Å². The molecule has 0 saturated carbocycles. The van der Waals surface area contributed by atoms with Crippen LogP contribution < -0.4 is 5.32 Å². The molecule has 0 atom stereocenters. The predicted molar refractivity (Wildman–Crippen MR) is 67.6 cm³/mol. The summed E-state index contributed by atoms with van der Waals surface area (Å²) in [5.74, 6) is -0.525. The van der Waals surface area contributed by atoms with E-state index in [1.165, 1.54) is 12.1 Å². The minimum atomic E-state index is -0.665. The van der Waals surface area contributed by atoms with Gasteiger partial charge in [0.05, 0.1) is 12.3 Å². The molecular weight excluding hydrogens is 252 g/mol. The number of rotatable bonds is 4. The molecule has 0 radical (unpaired) electrons. The molecule has 2 aromatic rings. The van der Waals surface area contributed by atoms with Gasteiger partial charge in [0, 0.05) is 31.9 Å². The van der Waals surface area contributed by atoms with Crippen molar-refractivity contribution in [2.45, 2.75) is 6.61 Å². The van der Waals surface area contributed by atoms with Gasteiger partial charge in [-0.15, -0.1) is 0 Å². The van der Waals surface area contributed by atoms with Gasteiger partial charge in [0.25, 0.3) is 0 Å². The summed E-state index contributed by atoms with van der Waals surface area (Å²) in [5, 5.41) is 2.87. The number of ether oxygens (including phenoxy) is 1. The van der Waals surface area contributed by atoms with E-state index in [9.17, 15) is 8.78 Å². The average Bonchev–Trinajstić information content (AvgIpc) is 2.37. The minimum absolute atomic E-state index is 0.248. The van der Waals surface area contributed by atoms with Gasteiger partial charge >= 0.3 is 0 Å². The highest BCUT2D eigenvalue weighted by atomic mass is 19.1. The third kappa shape index (κ3) is 3.23. The summed E-state index contributed by atoms with van der Waals surface area (Å²) in [6, 6.07) is 4.90. The normalized spacial score (nSPS) is 10.5. The lowest BCUT2D eigenvalue weighted by molar-refractivity contribution is 0.181. The topological polar surface area (TPSA) is 47.0 Å². The van der Waals surface area contributed by atoms with Gasteiger partial charge in [-0.05, 0) is 12.1 Å². The first kappa shape index (κ1) is 13.4. The average molecular weight is 265 g/mol. The maximum atomic E-state index is 13.2. The van der Waals surface area contributed by atoms with Gasteiger partial charge in [-0.1, -0.05) is 0 Å². The molecule has 0 saturated heterocycles. The summed E-state index contributed by atoms with van der Waals surface area (Å²) in [6.07, 6.45) is 0. The third-order valence-electron chi connectivity index (χ3n) is 2.45. The molecule has 0 amide bonds.